The Balaban J connectivity index is 1.55. The number of benzene rings is 1. The van der Waals surface area contributed by atoms with Crippen LogP contribution in [0.5, 0.6) is 5.75 Å². The Morgan fingerprint density at radius 2 is 2.03 bits per heavy atom. The summed E-state index contributed by atoms with van der Waals surface area (Å²) in [4.78, 5) is 12.7. The molecule has 2 aromatic rings. The number of ether oxygens (including phenoxy) is 2. The number of methoxy groups -OCH3 is 1. The van der Waals surface area contributed by atoms with Crippen LogP contribution in [0.15, 0.2) is 46.5 Å². The van der Waals surface area contributed by atoms with Crippen molar-refractivity contribution in [3.8, 4) is 5.75 Å². The molecule has 1 unspecified atom stereocenters. The molecule has 2 heterocycles. The van der Waals surface area contributed by atoms with E-state index in [4.69, 9.17) is 14.5 Å². The van der Waals surface area contributed by atoms with E-state index in [9.17, 15) is 4.39 Å². The normalized spacial score (nSPS) is 23.1. The van der Waals surface area contributed by atoms with E-state index in [1.165, 1.54) is 38.9 Å². The lowest BCUT2D eigenvalue weighted by atomic mass is 10.1. The Labute approximate surface area is 187 Å². The van der Waals surface area contributed by atoms with Crippen LogP contribution in [-0.2, 0) is 11.3 Å². The molecular formula is C23H31FN6O2. The average molecular weight is 443 g/mol. The third-order valence-electron chi connectivity index (χ3n) is 5.63. The number of nitrogens with one attached hydrogen (secondary N) is 4. The molecule has 1 atom stereocenters. The fourth-order valence-electron chi connectivity index (χ4n) is 3.95. The molecule has 0 radical (unpaired) electrons. The molecule has 1 aliphatic carbocycles. The van der Waals surface area contributed by atoms with Crippen LogP contribution in [-0.4, -0.2) is 35.9 Å². The van der Waals surface area contributed by atoms with Crippen molar-refractivity contribution in [3.05, 3.63) is 48.0 Å². The minimum atomic E-state index is -1.05. The van der Waals surface area contributed by atoms with Gasteiger partial charge in [0.1, 0.15) is 0 Å². The van der Waals surface area contributed by atoms with Crippen LogP contribution >= 0.6 is 0 Å². The lowest BCUT2D eigenvalue weighted by molar-refractivity contribution is -0.0512. The fraction of sp³-hybridized carbons (Fsp3) is 0.478. The third-order valence-corrected chi connectivity index (χ3v) is 5.63. The number of aromatic amines is 1. The number of nitrogens with zero attached hydrogens (tertiary/aromatic N) is 2. The van der Waals surface area contributed by atoms with Crippen molar-refractivity contribution < 1.29 is 13.9 Å². The molecule has 1 saturated carbocycles. The first-order valence-electron chi connectivity index (χ1n) is 11.1. The van der Waals surface area contributed by atoms with Gasteiger partial charge in [0.2, 0.25) is 17.8 Å². The molecule has 1 aromatic carbocycles. The van der Waals surface area contributed by atoms with Crippen LogP contribution < -0.4 is 20.7 Å². The second-order valence-electron chi connectivity index (χ2n) is 8.27. The molecule has 0 saturated heterocycles. The van der Waals surface area contributed by atoms with Crippen molar-refractivity contribution in [2.24, 2.45) is 9.98 Å². The Hall–Kier alpha value is -3.07. The monoisotopic (exact) mass is 442 g/mol. The number of halogens is 1. The number of hydrogen-bond donors (Lipinski definition) is 4. The first kappa shape index (κ1) is 22.1. The Morgan fingerprint density at radius 1 is 1.22 bits per heavy atom. The Bertz CT molecular complexity index is 953. The van der Waals surface area contributed by atoms with E-state index in [1.54, 1.807) is 12.1 Å². The molecule has 2 aliphatic rings. The largest absolute Gasteiger partial charge is 0.494 e. The summed E-state index contributed by atoms with van der Waals surface area (Å²) in [5.41, 5.74) is 1.48. The van der Waals surface area contributed by atoms with Gasteiger partial charge in [0.15, 0.2) is 11.6 Å². The van der Waals surface area contributed by atoms with Gasteiger partial charge < -0.3 is 25.1 Å². The summed E-state index contributed by atoms with van der Waals surface area (Å²) < 4.78 is 25.3. The number of hydrogen-bond acceptors (Lipinski definition) is 5. The van der Waals surface area contributed by atoms with E-state index in [0.717, 1.165) is 18.5 Å². The molecule has 8 nitrogen and oxygen atoms in total. The van der Waals surface area contributed by atoms with Crippen LogP contribution in [0.25, 0.3) is 0 Å². The quantitative estimate of drug-likeness (QED) is 0.506. The molecule has 1 aromatic heterocycles. The fourth-order valence-corrected chi connectivity index (χ4v) is 3.95. The van der Waals surface area contributed by atoms with E-state index < -0.39 is 11.7 Å². The molecular weight excluding hydrogens is 411 g/mol. The zero-order valence-corrected chi connectivity index (χ0v) is 18.6. The standard InChI is InChI=1S/C23H31FN6O2/c1-23(32-15-18-10-7-13-25-18)29-21(26-16-8-5-3-4-6-9-16)28-22(30-23)27-17-11-12-20(31-2)19(24)14-17/h7,10-14,16,25H,3-6,8-9,15H2,1-2H3,(H3,26,27,28,29,30). The Kier molecular flexibility index (Phi) is 6.94. The van der Waals surface area contributed by atoms with Crippen molar-refractivity contribution in [2.45, 2.75) is 63.9 Å². The molecule has 0 spiro atoms. The summed E-state index contributed by atoms with van der Waals surface area (Å²) in [6, 6.07) is 8.79. The van der Waals surface area contributed by atoms with Gasteiger partial charge in [0.05, 0.1) is 19.8 Å². The zero-order valence-electron chi connectivity index (χ0n) is 18.6. The second kappa shape index (κ2) is 10.0. The molecule has 1 aliphatic heterocycles. The highest BCUT2D eigenvalue weighted by Crippen LogP contribution is 2.23. The van der Waals surface area contributed by atoms with Crippen molar-refractivity contribution in [2.75, 3.05) is 12.4 Å². The number of aromatic nitrogens is 1. The van der Waals surface area contributed by atoms with Gasteiger partial charge in [0.25, 0.3) is 0 Å². The lowest BCUT2D eigenvalue weighted by Crippen LogP contribution is -2.60. The molecule has 0 amide bonds. The van der Waals surface area contributed by atoms with Crippen LogP contribution in [0.2, 0.25) is 0 Å². The van der Waals surface area contributed by atoms with Gasteiger partial charge in [-0.1, -0.05) is 25.7 Å². The average Bonchev–Trinajstić information content (AvgIpc) is 3.16. The third kappa shape index (κ3) is 5.79. The maximum absolute atomic E-state index is 14.2. The summed E-state index contributed by atoms with van der Waals surface area (Å²) in [6.45, 7) is 2.19. The van der Waals surface area contributed by atoms with E-state index in [1.807, 2.05) is 25.3 Å². The van der Waals surface area contributed by atoms with Crippen LogP contribution in [0, 0.1) is 5.82 Å². The molecule has 9 heteroatoms. The van der Waals surface area contributed by atoms with Gasteiger partial charge in [-0.15, -0.1) is 0 Å². The van der Waals surface area contributed by atoms with Gasteiger partial charge in [-0.2, -0.15) is 4.99 Å². The minimum absolute atomic E-state index is 0.186. The maximum Gasteiger partial charge on any atom is 0.239 e. The van der Waals surface area contributed by atoms with Crippen molar-refractivity contribution in [3.63, 3.8) is 0 Å². The predicted octanol–water partition coefficient (Wildman–Crippen LogP) is 4.09. The number of anilines is 1. The molecule has 32 heavy (non-hydrogen) atoms. The van der Waals surface area contributed by atoms with Gasteiger partial charge in [0, 0.05) is 30.6 Å². The first-order chi connectivity index (χ1) is 15.5. The van der Waals surface area contributed by atoms with Gasteiger partial charge in [-0.25, -0.2) is 9.38 Å². The van der Waals surface area contributed by atoms with E-state index >= 15 is 0 Å². The summed E-state index contributed by atoms with van der Waals surface area (Å²) in [5.74, 6) is -0.296. The van der Waals surface area contributed by atoms with Crippen molar-refractivity contribution in [1.82, 2.24) is 15.6 Å². The summed E-state index contributed by atoms with van der Waals surface area (Å²) in [6.07, 6.45) is 8.88. The van der Waals surface area contributed by atoms with E-state index in [-0.39, 0.29) is 11.8 Å². The highest BCUT2D eigenvalue weighted by Gasteiger charge is 2.32. The highest BCUT2D eigenvalue weighted by atomic mass is 19.1. The number of rotatable bonds is 6. The number of H-pyrrole nitrogens is 1. The van der Waals surface area contributed by atoms with Crippen LogP contribution in [0.1, 0.15) is 51.1 Å². The summed E-state index contributed by atoms with van der Waals surface area (Å²) >= 11 is 0. The molecule has 4 N–H and O–H groups in total. The van der Waals surface area contributed by atoms with Gasteiger partial charge in [-0.05, 0) is 37.1 Å². The van der Waals surface area contributed by atoms with Crippen molar-refractivity contribution in [1.29, 1.82) is 0 Å². The summed E-state index contributed by atoms with van der Waals surface area (Å²) in [7, 11) is 1.44. The molecule has 4 rings (SSSR count). The van der Waals surface area contributed by atoms with Gasteiger partial charge >= 0.3 is 0 Å². The Morgan fingerprint density at radius 3 is 2.72 bits per heavy atom. The molecule has 0 bridgehead atoms. The predicted molar refractivity (Wildman–Crippen MR) is 123 cm³/mol. The lowest BCUT2D eigenvalue weighted by Gasteiger charge is -2.34. The van der Waals surface area contributed by atoms with Crippen LogP contribution in [0.4, 0.5) is 10.1 Å². The molecule has 1 fully saturated rings. The smallest absolute Gasteiger partial charge is 0.239 e. The highest BCUT2D eigenvalue weighted by molar-refractivity contribution is 6.07. The number of guanidine groups is 2. The topological polar surface area (TPSA) is 95.1 Å². The molecule has 172 valence electrons. The maximum atomic E-state index is 14.2. The number of aliphatic imine (C=N–C) groups is 2. The van der Waals surface area contributed by atoms with E-state index in [0.29, 0.717) is 24.2 Å². The zero-order chi connectivity index (χ0) is 22.4. The minimum Gasteiger partial charge on any atom is -0.494 e. The van der Waals surface area contributed by atoms with Crippen LogP contribution in [0.3, 0.4) is 0 Å². The van der Waals surface area contributed by atoms with Gasteiger partial charge in [-0.3, -0.25) is 5.32 Å². The second-order valence-corrected chi connectivity index (χ2v) is 8.27. The SMILES string of the molecule is COc1ccc(NC2=NC(C)(OCc3ccc[nH]3)NC(=NC3CCCCCC3)N2)cc1F. The first-order valence-corrected chi connectivity index (χ1v) is 11.1. The van der Waals surface area contributed by atoms with E-state index in [2.05, 4.69) is 25.9 Å². The van der Waals surface area contributed by atoms with Crippen molar-refractivity contribution >= 4 is 17.6 Å². The summed E-state index contributed by atoms with van der Waals surface area (Å²) in [5, 5.41) is 9.62.